The molecule has 1 atom stereocenters. The lowest BCUT2D eigenvalue weighted by Crippen LogP contribution is -2.33. The number of ether oxygens (including phenoxy) is 1. The standard InChI is InChI=1S/C13H20ClN3O2/c1-13(2)6-9(18)4-5-17(8-13)11-10(14)7-15-12(16-11)19-3/h7,9,18H,4-6,8H2,1-3H3. The molecule has 106 valence electrons. The Bertz CT molecular complexity index is 454. The lowest BCUT2D eigenvalue weighted by atomic mass is 9.87. The van der Waals surface area contributed by atoms with Crippen molar-refractivity contribution >= 4 is 17.4 Å². The zero-order valence-electron chi connectivity index (χ0n) is 11.6. The van der Waals surface area contributed by atoms with Crippen LogP contribution in [0, 0.1) is 5.41 Å². The minimum atomic E-state index is -0.275. The van der Waals surface area contributed by atoms with E-state index in [9.17, 15) is 5.11 Å². The van der Waals surface area contributed by atoms with Crippen molar-refractivity contribution in [3.8, 4) is 6.01 Å². The molecule has 0 amide bonds. The molecule has 1 unspecified atom stereocenters. The van der Waals surface area contributed by atoms with Gasteiger partial charge in [-0.05, 0) is 18.3 Å². The molecule has 1 saturated heterocycles. The van der Waals surface area contributed by atoms with Crippen LogP contribution < -0.4 is 9.64 Å². The zero-order valence-corrected chi connectivity index (χ0v) is 12.3. The molecule has 0 radical (unpaired) electrons. The summed E-state index contributed by atoms with van der Waals surface area (Å²) >= 11 is 6.18. The van der Waals surface area contributed by atoms with Gasteiger partial charge in [0.2, 0.25) is 0 Å². The van der Waals surface area contributed by atoms with Crippen LogP contribution in [0.2, 0.25) is 5.02 Å². The third-order valence-corrected chi connectivity index (χ3v) is 3.59. The molecule has 1 aliphatic heterocycles. The molecule has 1 aromatic heterocycles. The van der Waals surface area contributed by atoms with Crippen molar-refractivity contribution in [3.05, 3.63) is 11.2 Å². The highest BCUT2D eigenvalue weighted by Gasteiger charge is 2.30. The van der Waals surface area contributed by atoms with E-state index < -0.39 is 0 Å². The quantitative estimate of drug-likeness (QED) is 0.902. The number of aliphatic hydroxyl groups excluding tert-OH is 1. The summed E-state index contributed by atoms with van der Waals surface area (Å²) in [5.41, 5.74) is 0.0113. The number of aromatic nitrogens is 2. The second-order valence-corrected chi connectivity index (χ2v) is 6.17. The van der Waals surface area contributed by atoms with Crippen molar-refractivity contribution in [3.63, 3.8) is 0 Å². The highest BCUT2D eigenvalue weighted by atomic mass is 35.5. The van der Waals surface area contributed by atoms with Crippen LogP contribution in [0.4, 0.5) is 5.82 Å². The first-order valence-corrected chi connectivity index (χ1v) is 6.78. The van der Waals surface area contributed by atoms with Gasteiger partial charge in [0.25, 0.3) is 0 Å². The fourth-order valence-electron chi connectivity index (χ4n) is 2.55. The Kier molecular flexibility index (Phi) is 4.16. The Morgan fingerprint density at radius 3 is 2.95 bits per heavy atom. The number of hydrogen-bond donors (Lipinski definition) is 1. The monoisotopic (exact) mass is 285 g/mol. The van der Waals surface area contributed by atoms with Crippen molar-refractivity contribution in [1.29, 1.82) is 0 Å². The molecule has 19 heavy (non-hydrogen) atoms. The van der Waals surface area contributed by atoms with Gasteiger partial charge in [-0.3, -0.25) is 0 Å². The fraction of sp³-hybridized carbons (Fsp3) is 0.692. The summed E-state index contributed by atoms with van der Waals surface area (Å²) in [5.74, 6) is 0.677. The van der Waals surface area contributed by atoms with Crippen LogP contribution in [0.3, 0.4) is 0 Å². The van der Waals surface area contributed by atoms with E-state index in [0.29, 0.717) is 23.3 Å². The summed E-state index contributed by atoms with van der Waals surface area (Å²) in [6.45, 7) is 5.80. The van der Waals surface area contributed by atoms with Gasteiger partial charge in [0.15, 0.2) is 5.82 Å². The second-order valence-electron chi connectivity index (χ2n) is 5.76. The molecular weight excluding hydrogens is 266 g/mol. The van der Waals surface area contributed by atoms with Gasteiger partial charge in [-0.15, -0.1) is 0 Å². The minimum Gasteiger partial charge on any atom is -0.467 e. The number of aliphatic hydroxyl groups is 1. The van der Waals surface area contributed by atoms with Gasteiger partial charge in [-0.1, -0.05) is 25.4 Å². The number of halogens is 1. The lowest BCUT2D eigenvalue weighted by Gasteiger charge is -2.30. The summed E-state index contributed by atoms with van der Waals surface area (Å²) < 4.78 is 5.05. The predicted octanol–water partition coefficient (Wildman–Crippen LogP) is 2.13. The molecule has 6 heteroatoms. The molecule has 1 aromatic rings. The molecule has 1 aliphatic rings. The number of methoxy groups -OCH3 is 1. The van der Waals surface area contributed by atoms with E-state index >= 15 is 0 Å². The van der Waals surface area contributed by atoms with Crippen molar-refractivity contribution in [2.75, 3.05) is 25.1 Å². The molecule has 5 nitrogen and oxygen atoms in total. The first-order valence-electron chi connectivity index (χ1n) is 6.41. The molecule has 2 rings (SSSR count). The van der Waals surface area contributed by atoms with Crippen LogP contribution in [0.1, 0.15) is 26.7 Å². The highest BCUT2D eigenvalue weighted by molar-refractivity contribution is 6.32. The van der Waals surface area contributed by atoms with E-state index in [-0.39, 0.29) is 11.5 Å². The second kappa shape index (κ2) is 5.51. The molecule has 1 fully saturated rings. The van der Waals surface area contributed by atoms with Crippen LogP contribution in [0.25, 0.3) is 0 Å². The number of anilines is 1. The van der Waals surface area contributed by atoms with Crippen molar-refractivity contribution in [2.45, 2.75) is 32.8 Å². The summed E-state index contributed by atoms with van der Waals surface area (Å²) in [7, 11) is 1.53. The SMILES string of the molecule is COc1ncc(Cl)c(N2CCC(O)CC(C)(C)C2)n1. The summed E-state index contributed by atoms with van der Waals surface area (Å²) in [5, 5.41) is 10.4. The smallest absolute Gasteiger partial charge is 0.318 e. The van der Waals surface area contributed by atoms with Crippen LogP contribution >= 0.6 is 11.6 Å². The molecule has 0 aliphatic carbocycles. The summed E-state index contributed by atoms with van der Waals surface area (Å²) in [6.07, 6.45) is 2.77. The van der Waals surface area contributed by atoms with E-state index in [4.69, 9.17) is 16.3 Å². The fourth-order valence-corrected chi connectivity index (χ4v) is 2.76. The Balaban J connectivity index is 2.29. The molecular formula is C13H20ClN3O2. The molecule has 0 spiro atoms. The van der Waals surface area contributed by atoms with Crippen LogP contribution in [-0.2, 0) is 0 Å². The van der Waals surface area contributed by atoms with E-state index in [1.54, 1.807) is 6.20 Å². The highest BCUT2D eigenvalue weighted by Crippen LogP contribution is 2.33. The third-order valence-electron chi connectivity index (χ3n) is 3.32. The van der Waals surface area contributed by atoms with Gasteiger partial charge in [-0.25, -0.2) is 4.98 Å². The van der Waals surface area contributed by atoms with Crippen molar-refractivity contribution in [1.82, 2.24) is 9.97 Å². The largest absolute Gasteiger partial charge is 0.467 e. The van der Waals surface area contributed by atoms with Gasteiger partial charge in [0.1, 0.15) is 5.02 Å². The van der Waals surface area contributed by atoms with Gasteiger partial charge in [-0.2, -0.15) is 4.98 Å². The summed E-state index contributed by atoms with van der Waals surface area (Å²) in [6, 6.07) is 0.307. The van der Waals surface area contributed by atoms with E-state index in [1.165, 1.54) is 7.11 Å². The molecule has 0 aromatic carbocycles. The summed E-state index contributed by atoms with van der Waals surface area (Å²) in [4.78, 5) is 10.4. The zero-order chi connectivity index (χ0) is 14.0. The predicted molar refractivity (Wildman–Crippen MR) is 74.8 cm³/mol. The van der Waals surface area contributed by atoms with Crippen molar-refractivity contribution < 1.29 is 9.84 Å². The number of nitrogens with zero attached hydrogens (tertiary/aromatic N) is 3. The lowest BCUT2D eigenvalue weighted by molar-refractivity contribution is 0.123. The Morgan fingerprint density at radius 2 is 2.26 bits per heavy atom. The van der Waals surface area contributed by atoms with Crippen LogP contribution in [-0.4, -0.2) is 41.4 Å². The van der Waals surface area contributed by atoms with Gasteiger partial charge >= 0.3 is 6.01 Å². The van der Waals surface area contributed by atoms with E-state index in [2.05, 4.69) is 28.7 Å². The maximum atomic E-state index is 9.94. The minimum absolute atomic E-state index is 0.0113. The molecule has 0 saturated carbocycles. The van der Waals surface area contributed by atoms with E-state index in [1.807, 2.05) is 0 Å². The van der Waals surface area contributed by atoms with Gasteiger partial charge < -0.3 is 14.7 Å². The Morgan fingerprint density at radius 1 is 1.53 bits per heavy atom. The molecule has 0 bridgehead atoms. The normalized spacial score (nSPS) is 23.0. The number of rotatable bonds is 2. The van der Waals surface area contributed by atoms with Gasteiger partial charge in [0, 0.05) is 13.1 Å². The average molecular weight is 286 g/mol. The maximum Gasteiger partial charge on any atom is 0.318 e. The molecule has 2 heterocycles. The topological polar surface area (TPSA) is 58.5 Å². The average Bonchev–Trinajstić information content (AvgIpc) is 2.47. The first kappa shape index (κ1) is 14.3. The Hall–Kier alpha value is -1.07. The van der Waals surface area contributed by atoms with Crippen LogP contribution in [0.15, 0.2) is 6.20 Å². The van der Waals surface area contributed by atoms with Gasteiger partial charge in [0.05, 0.1) is 19.4 Å². The van der Waals surface area contributed by atoms with Crippen LogP contribution in [0.5, 0.6) is 6.01 Å². The third kappa shape index (κ3) is 3.48. The van der Waals surface area contributed by atoms with Crippen molar-refractivity contribution in [2.24, 2.45) is 5.41 Å². The molecule has 1 N–H and O–H groups in total. The number of hydrogen-bond acceptors (Lipinski definition) is 5. The first-order chi connectivity index (χ1) is 8.91. The Labute approximate surface area is 118 Å². The maximum absolute atomic E-state index is 9.94. The van der Waals surface area contributed by atoms with E-state index in [0.717, 1.165) is 19.5 Å².